The fraction of sp³-hybridized carbons (Fsp3) is 0.560. The van der Waals surface area contributed by atoms with Gasteiger partial charge >= 0.3 is 6.09 Å². The van der Waals surface area contributed by atoms with Gasteiger partial charge in [-0.1, -0.05) is 0 Å². The Morgan fingerprint density at radius 3 is 2.71 bits per heavy atom. The summed E-state index contributed by atoms with van der Waals surface area (Å²) in [6.07, 6.45) is 7.40. The van der Waals surface area contributed by atoms with Gasteiger partial charge in [0.15, 0.2) is 5.76 Å². The highest BCUT2D eigenvalue weighted by molar-refractivity contribution is 5.94. The molecule has 1 aliphatic heterocycles. The smallest absolute Gasteiger partial charge is 0.410 e. The van der Waals surface area contributed by atoms with Gasteiger partial charge in [0.05, 0.1) is 24.6 Å². The molecule has 2 heterocycles. The number of aryl methyl sites for hydroxylation is 2. The summed E-state index contributed by atoms with van der Waals surface area (Å²) >= 11 is 0. The van der Waals surface area contributed by atoms with Crippen molar-refractivity contribution in [2.24, 2.45) is 4.99 Å². The Balaban J connectivity index is 1.88. The molecule has 0 bridgehead atoms. The Labute approximate surface area is 202 Å². The van der Waals surface area contributed by atoms with Crippen molar-refractivity contribution >= 4 is 17.6 Å². The number of carbonyl (C=O) groups excluding carboxylic acids is 1. The van der Waals surface area contributed by atoms with Crippen LogP contribution in [0.5, 0.6) is 0 Å². The molecular weight excluding hydrogens is 436 g/mol. The third-order valence-corrected chi connectivity index (χ3v) is 5.13. The van der Waals surface area contributed by atoms with Crippen LogP contribution in [0.25, 0.3) is 0 Å². The number of pyridine rings is 1. The highest BCUT2D eigenvalue weighted by Crippen LogP contribution is 2.19. The summed E-state index contributed by atoms with van der Waals surface area (Å²) in [5.41, 5.74) is 2.72. The largest absolute Gasteiger partial charge is 0.501 e. The highest BCUT2D eigenvalue weighted by Gasteiger charge is 2.25. The number of hydrogen-bond acceptors (Lipinski definition) is 7. The van der Waals surface area contributed by atoms with Gasteiger partial charge in [-0.25, -0.2) is 9.79 Å². The normalized spacial score (nSPS) is 15.7. The van der Waals surface area contributed by atoms with Gasteiger partial charge in [0, 0.05) is 50.5 Å². The Hall–Kier alpha value is -3.07. The van der Waals surface area contributed by atoms with E-state index in [1.165, 1.54) is 6.26 Å². The Morgan fingerprint density at radius 1 is 1.35 bits per heavy atom. The van der Waals surface area contributed by atoms with Gasteiger partial charge in [0.25, 0.3) is 0 Å². The molecule has 1 amide bonds. The summed E-state index contributed by atoms with van der Waals surface area (Å²) in [6.45, 7) is 8.84. The first-order chi connectivity index (χ1) is 16.3. The second-order valence-corrected chi connectivity index (χ2v) is 8.41. The summed E-state index contributed by atoms with van der Waals surface area (Å²) in [4.78, 5) is 22.8. The number of aliphatic hydroxyl groups is 1. The highest BCUT2D eigenvalue weighted by atomic mass is 16.6. The predicted molar refractivity (Wildman–Crippen MR) is 133 cm³/mol. The molecule has 1 saturated heterocycles. The number of aromatic nitrogens is 1. The van der Waals surface area contributed by atoms with Gasteiger partial charge in [-0.05, 0) is 52.7 Å². The number of ether oxygens (including phenoxy) is 3. The van der Waals surface area contributed by atoms with Gasteiger partial charge in [0.1, 0.15) is 18.2 Å². The first-order valence-corrected chi connectivity index (χ1v) is 11.7. The number of carbonyl (C=O) groups is 1. The van der Waals surface area contributed by atoms with E-state index in [4.69, 9.17) is 19.3 Å². The summed E-state index contributed by atoms with van der Waals surface area (Å²) in [6, 6.07) is 3.93. The van der Waals surface area contributed by atoms with Gasteiger partial charge in [0.2, 0.25) is 0 Å². The molecule has 0 aromatic carbocycles. The zero-order chi connectivity index (χ0) is 24.9. The molecule has 0 aliphatic carbocycles. The number of nitrogens with one attached hydrogen (secondary N) is 1. The van der Waals surface area contributed by atoms with Crippen molar-refractivity contribution in [1.29, 1.82) is 0 Å². The van der Waals surface area contributed by atoms with Crippen LogP contribution in [-0.2, 0) is 20.6 Å². The Kier molecular flexibility index (Phi) is 11.4. The number of hydrogen-bond donors (Lipinski definition) is 2. The fourth-order valence-corrected chi connectivity index (χ4v) is 3.44. The molecule has 2 N–H and O–H groups in total. The standard InChI is InChI=1S/C25H38N4O5/c1-18(2)33-25(31)29-14-11-22(12-15-29)34-23(17-32-5)10-13-26-20(4)28-24-9-8-21(7-6-16-30)27-19(24)3/h8-10,13,17-18,22,30H,6-7,11-12,14-16H2,1-5H3,(H,26,28)/b13-10-,23-17-. The van der Waals surface area contributed by atoms with Crippen LogP contribution in [0.1, 0.15) is 51.4 Å². The lowest BCUT2D eigenvalue weighted by atomic mass is 10.1. The second-order valence-electron chi connectivity index (χ2n) is 8.41. The van der Waals surface area contributed by atoms with Crippen molar-refractivity contribution in [2.45, 2.75) is 65.6 Å². The van der Waals surface area contributed by atoms with Crippen molar-refractivity contribution in [3.63, 3.8) is 0 Å². The van der Waals surface area contributed by atoms with Crippen LogP contribution in [-0.4, -0.2) is 65.9 Å². The average Bonchev–Trinajstić information content (AvgIpc) is 2.79. The van der Waals surface area contributed by atoms with Crippen LogP contribution in [0.2, 0.25) is 0 Å². The van der Waals surface area contributed by atoms with Gasteiger partial charge in [-0.3, -0.25) is 4.98 Å². The fourth-order valence-electron chi connectivity index (χ4n) is 3.44. The molecule has 34 heavy (non-hydrogen) atoms. The van der Waals surface area contributed by atoms with Crippen molar-refractivity contribution < 1.29 is 24.1 Å². The molecular formula is C25H38N4O5. The molecule has 0 atom stereocenters. The quantitative estimate of drug-likeness (QED) is 0.227. The molecule has 0 radical (unpaired) electrons. The van der Waals surface area contributed by atoms with E-state index in [1.807, 2.05) is 39.8 Å². The number of likely N-dealkylation sites (tertiary alicyclic amines) is 1. The molecule has 188 valence electrons. The van der Waals surface area contributed by atoms with E-state index in [0.29, 0.717) is 43.9 Å². The maximum absolute atomic E-state index is 12.0. The van der Waals surface area contributed by atoms with Crippen molar-refractivity contribution in [3.8, 4) is 0 Å². The number of nitrogens with zero attached hydrogens (tertiary/aromatic N) is 3. The van der Waals surface area contributed by atoms with Crippen molar-refractivity contribution in [1.82, 2.24) is 9.88 Å². The van der Waals surface area contributed by atoms with E-state index in [1.54, 1.807) is 24.3 Å². The summed E-state index contributed by atoms with van der Waals surface area (Å²) < 4.78 is 16.5. The van der Waals surface area contributed by atoms with E-state index in [2.05, 4.69) is 15.3 Å². The third-order valence-electron chi connectivity index (χ3n) is 5.13. The SMILES string of the molecule is CO/C=C(/C=C\N=C(C)Nc1ccc(CCCO)nc1C)OC1CCN(C(=O)OC(C)C)CC1. The lowest BCUT2D eigenvalue weighted by molar-refractivity contribution is 0.0323. The minimum atomic E-state index is -0.274. The zero-order valence-electron chi connectivity index (χ0n) is 20.9. The number of methoxy groups -OCH3 is 1. The lowest BCUT2D eigenvalue weighted by Crippen LogP contribution is -2.41. The minimum absolute atomic E-state index is 0.0181. The number of allylic oxidation sites excluding steroid dienone is 1. The van der Waals surface area contributed by atoms with E-state index in [9.17, 15) is 4.79 Å². The topological polar surface area (TPSA) is 106 Å². The number of anilines is 1. The maximum atomic E-state index is 12.0. The first-order valence-electron chi connectivity index (χ1n) is 11.7. The number of amides is 1. The summed E-state index contributed by atoms with van der Waals surface area (Å²) in [5, 5.41) is 12.2. The van der Waals surface area contributed by atoms with Crippen molar-refractivity contribution in [3.05, 3.63) is 47.8 Å². The van der Waals surface area contributed by atoms with Crippen LogP contribution in [0.4, 0.5) is 10.5 Å². The molecule has 0 saturated carbocycles. The van der Waals surface area contributed by atoms with Crippen LogP contribution < -0.4 is 5.32 Å². The molecule has 1 aromatic rings. The number of aliphatic hydroxyl groups excluding tert-OH is 1. The third kappa shape index (κ3) is 9.43. The Morgan fingerprint density at radius 2 is 2.09 bits per heavy atom. The zero-order valence-corrected chi connectivity index (χ0v) is 20.9. The molecule has 1 fully saturated rings. The van der Waals surface area contributed by atoms with Gasteiger partial charge in [-0.15, -0.1) is 0 Å². The monoisotopic (exact) mass is 474 g/mol. The van der Waals surface area contributed by atoms with Crippen molar-refractivity contribution in [2.75, 3.05) is 32.1 Å². The van der Waals surface area contributed by atoms with E-state index >= 15 is 0 Å². The molecule has 9 heteroatoms. The first kappa shape index (κ1) is 27.2. The van der Waals surface area contributed by atoms with E-state index in [-0.39, 0.29) is 24.9 Å². The Bertz CT molecular complexity index is 874. The average molecular weight is 475 g/mol. The molecule has 1 aliphatic rings. The predicted octanol–water partition coefficient (Wildman–Crippen LogP) is 4.17. The van der Waals surface area contributed by atoms with Gasteiger partial charge in [-0.2, -0.15) is 0 Å². The van der Waals surface area contributed by atoms with Gasteiger partial charge < -0.3 is 29.5 Å². The van der Waals surface area contributed by atoms with E-state index < -0.39 is 0 Å². The van der Waals surface area contributed by atoms with Crippen LogP contribution in [0.3, 0.4) is 0 Å². The lowest BCUT2D eigenvalue weighted by Gasteiger charge is -2.32. The second kappa shape index (κ2) is 14.2. The molecule has 0 spiro atoms. The molecule has 9 nitrogen and oxygen atoms in total. The number of rotatable bonds is 10. The van der Waals surface area contributed by atoms with Crippen LogP contribution in [0, 0.1) is 6.92 Å². The minimum Gasteiger partial charge on any atom is -0.501 e. The number of piperidine rings is 1. The van der Waals surface area contributed by atoms with E-state index in [0.717, 1.165) is 23.5 Å². The number of aliphatic imine (C=N–C) groups is 1. The summed E-state index contributed by atoms with van der Waals surface area (Å²) in [7, 11) is 1.57. The molecule has 0 unspecified atom stereocenters. The van der Waals surface area contributed by atoms with Crippen LogP contribution in [0.15, 0.2) is 41.4 Å². The molecule has 1 aromatic heterocycles. The summed E-state index contributed by atoms with van der Waals surface area (Å²) in [5.74, 6) is 1.27. The number of amidine groups is 1. The van der Waals surface area contributed by atoms with Crippen LogP contribution >= 0.6 is 0 Å². The maximum Gasteiger partial charge on any atom is 0.410 e. The molecule has 2 rings (SSSR count).